The number of nitrogens with one attached hydrogen (secondary N) is 2. The van der Waals surface area contributed by atoms with E-state index in [0.717, 1.165) is 75.8 Å². The number of benzene rings is 1. The second-order valence-corrected chi connectivity index (χ2v) is 12.8. The Morgan fingerprint density at radius 1 is 1.02 bits per heavy atom. The Hall–Kier alpha value is -3.07. The summed E-state index contributed by atoms with van der Waals surface area (Å²) in [7, 11) is 3.29. The minimum atomic E-state index is -0.249. The number of hydrogen-bond acceptors (Lipinski definition) is 6. The molecule has 1 aromatic carbocycles. The van der Waals surface area contributed by atoms with Crippen molar-refractivity contribution in [3.05, 3.63) is 30.0 Å². The zero-order valence-electron chi connectivity index (χ0n) is 24.6. The number of ether oxygens (including phenoxy) is 2. The van der Waals surface area contributed by atoms with Gasteiger partial charge in [0.05, 0.1) is 31.5 Å². The molecule has 2 amide bonds. The molecule has 3 saturated carbocycles. The molecule has 0 unspecified atom stereocenters. The van der Waals surface area contributed by atoms with Crippen molar-refractivity contribution in [1.82, 2.24) is 25.3 Å². The van der Waals surface area contributed by atoms with E-state index in [1.165, 1.54) is 25.7 Å². The van der Waals surface area contributed by atoms with E-state index < -0.39 is 0 Å². The van der Waals surface area contributed by atoms with Crippen molar-refractivity contribution in [2.75, 3.05) is 33.9 Å². The van der Waals surface area contributed by atoms with Gasteiger partial charge in [-0.25, -0.2) is 0 Å². The van der Waals surface area contributed by atoms with E-state index in [9.17, 15) is 9.59 Å². The highest BCUT2D eigenvalue weighted by Crippen LogP contribution is 2.48. The Morgan fingerprint density at radius 3 is 2.32 bits per heavy atom. The molecule has 222 valence electrons. The van der Waals surface area contributed by atoms with E-state index in [-0.39, 0.29) is 36.4 Å². The number of aromatic nitrogens is 2. The molecule has 2 aromatic rings. The van der Waals surface area contributed by atoms with Gasteiger partial charge in [0.2, 0.25) is 5.91 Å². The Balaban J connectivity index is 1.21. The number of methoxy groups -OCH3 is 2. The van der Waals surface area contributed by atoms with Gasteiger partial charge in [-0.3, -0.25) is 14.3 Å². The highest BCUT2D eigenvalue weighted by Gasteiger charge is 2.46. The van der Waals surface area contributed by atoms with Gasteiger partial charge in [-0.1, -0.05) is 25.3 Å². The van der Waals surface area contributed by atoms with Crippen molar-refractivity contribution in [2.45, 2.75) is 95.2 Å². The molecule has 0 bridgehead atoms. The maximum absolute atomic E-state index is 13.7. The summed E-state index contributed by atoms with van der Waals surface area (Å²) in [4.78, 5) is 29.1. The average Bonchev–Trinajstić information content (AvgIpc) is 3.58. The second kappa shape index (κ2) is 12.0. The van der Waals surface area contributed by atoms with E-state index in [0.29, 0.717) is 22.6 Å². The van der Waals surface area contributed by atoms with E-state index in [2.05, 4.69) is 15.5 Å². The van der Waals surface area contributed by atoms with Crippen LogP contribution in [0, 0.1) is 5.41 Å². The molecule has 1 spiro atoms. The number of carbonyl (C=O) groups is 2. The van der Waals surface area contributed by atoms with Gasteiger partial charge in [-0.15, -0.1) is 0 Å². The zero-order chi connectivity index (χ0) is 28.4. The lowest BCUT2D eigenvalue weighted by Crippen LogP contribution is -2.60. The molecule has 1 aliphatic heterocycles. The number of likely N-dealkylation sites (tertiary alicyclic amines) is 1. The fourth-order valence-electron chi connectivity index (χ4n) is 7.16. The lowest BCUT2D eigenvalue weighted by Gasteiger charge is -2.56. The van der Waals surface area contributed by atoms with Crippen LogP contribution in [0.25, 0.3) is 11.3 Å². The normalized spacial score (nSPS) is 21.0. The largest absolute Gasteiger partial charge is 0.496 e. The van der Waals surface area contributed by atoms with Crippen molar-refractivity contribution in [3.63, 3.8) is 0 Å². The van der Waals surface area contributed by atoms with Crippen LogP contribution in [0.1, 0.15) is 93.6 Å². The molecule has 1 aromatic heterocycles. The molecule has 0 radical (unpaired) electrons. The van der Waals surface area contributed by atoms with Gasteiger partial charge in [0.1, 0.15) is 11.5 Å². The number of carbonyl (C=O) groups excluding carboxylic acids is 2. The summed E-state index contributed by atoms with van der Waals surface area (Å²) in [6.45, 7) is 3.19. The molecule has 4 aliphatic rings. The predicted molar refractivity (Wildman–Crippen MR) is 157 cm³/mol. The molecule has 6 rings (SSSR count). The molecule has 4 fully saturated rings. The standard InChI is InChI=1S/C32H45N5O4/c1-40-27-12-6-13-28(41-2)30(27)26-19-25(35-37(26)24-10-3-4-11-24)31(39)34-23(18-29(38)33-22-8-5-9-22)14-17-36-20-32(21-36)15-7-16-32/h6,12-13,19,22-24H,3-5,7-11,14-18,20-21H2,1-2H3,(H,33,38)(H,34,39)/t23-/m0/s1. The third-order valence-electron chi connectivity index (χ3n) is 9.89. The highest BCUT2D eigenvalue weighted by atomic mass is 16.5. The van der Waals surface area contributed by atoms with Gasteiger partial charge in [-0.05, 0) is 75.0 Å². The summed E-state index contributed by atoms with van der Waals surface area (Å²) in [5.41, 5.74) is 2.54. The Bertz CT molecular complexity index is 1210. The molecule has 1 saturated heterocycles. The van der Waals surface area contributed by atoms with Gasteiger partial charge in [-0.2, -0.15) is 5.10 Å². The minimum Gasteiger partial charge on any atom is -0.496 e. The maximum atomic E-state index is 13.7. The van der Waals surface area contributed by atoms with Crippen molar-refractivity contribution >= 4 is 11.8 Å². The van der Waals surface area contributed by atoms with E-state index in [4.69, 9.17) is 14.6 Å². The highest BCUT2D eigenvalue weighted by molar-refractivity contribution is 5.94. The van der Waals surface area contributed by atoms with Crippen LogP contribution in [0.3, 0.4) is 0 Å². The topological polar surface area (TPSA) is 97.7 Å². The summed E-state index contributed by atoms with van der Waals surface area (Å²) in [5, 5.41) is 11.2. The predicted octanol–water partition coefficient (Wildman–Crippen LogP) is 4.72. The zero-order valence-corrected chi connectivity index (χ0v) is 24.6. The van der Waals surface area contributed by atoms with Crippen LogP contribution in [-0.2, 0) is 4.79 Å². The number of amides is 2. The van der Waals surface area contributed by atoms with Gasteiger partial charge >= 0.3 is 0 Å². The molecule has 41 heavy (non-hydrogen) atoms. The quantitative estimate of drug-likeness (QED) is 0.388. The first-order valence-corrected chi connectivity index (χ1v) is 15.6. The Kier molecular flexibility index (Phi) is 8.24. The molecule has 9 nitrogen and oxygen atoms in total. The lowest BCUT2D eigenvalue weighted by atomic mass is 9.63. The van der Waals surface area contributed by atoms with Crippen LogP contribution in [0.15, 0.2) is 24.3 Å². The lowest BCUT2D eigenvalue weighted by molar-refractivity contribution is -0.122. The number of nitrogens with zero attached hydrogens (tertiary/aromatic N) is 3. The van der Waals surface area contributed by atoms with Gasteiger partial charge in [0.15, 0.2) is 5.69 Å². The first kappa shape index (κ1) is 28.1. The number of hydrogen-bond donors (Lipinski definition) is 2. The summed E-state index contributed by atoms with van der Waals surface area (Å²) in [6.07, 6.45) is 12.7. The van der Waals surface area contributed by atoms with Crippen LogP contribution in [-0.4, -0.2) is 72.4 Å². The van der Waals surface area contributed by atoms with Crippen LogP contribution >= 0.6 is 0 Å². The summed E-state index contributed by atoms with van der Waals surface area (Å²) < 4.78 is 13.4. The molecular weight excluding hydrogens is 518 g/mol. The molecule has 2 N–H and O–H groups in total. The van der Waals surface area contributed by atoms with E-state index >= 15 is 0 Å². The fraction of sp³-hybridized carbons (Fsp3) is 0.656. The van der Waals surface area contributed by atoms with Crippen LogP contribution in [0.4, 0.5) is 0 Å². The third-order valence-corrected chi connectivity index (χ3v) is 9.89. The van der Waals surface area contributed by atoms with Gasteiger partial charge in [0, 0.05) is 38.1 Å². The Morgan fingerprint density at radius 2 is 1.73 bits per heavy atom. The smallest absolute Gasteiger partial charge is 0.272 e. The average molecular weight is 564 g/mol. The summed E-state index contributed by atoms with van der Waals surface area (Å²) >= 11 is 0. The minimum absolute atomic E-state index is 0.0232. The Labute approximate surface area is 243 Å². The maximum Gasteiger partial charge on any atom is 0.272 e. The number of rotatable bonds is 12. The molecule has 3 aliphatic carbocycles. The van der Waals surface area contributed by atoms with Crippen molar-refractivity contribution in [1.29, 1.82) is 0 Å². The molecular formula is C32H45N5O4. The van der Waals surface area contributed by atoms with Crippen molar-refractivity contribution in [2.24, 2.45) is 5.41 Å². The molecule has 1 atom stereocenters. The van der Waals surface area contributed by atoms with Crippen molar-refractivity contribution in [3.8, 4) is 22.8 Å². The van der Waals surface area contributed by atoms with Crippen molar-refractivity contribution < 1.29 is 19.1 Å². The third kappa shape index (κ3) is 5.96. The second-order valence-electron chi connectivity index (χ2n) is 12.8. The molecule has 9 heteroatoms. The SMILES string of the molecule is COc1cccc(OC)c1-c1cc(C(=O)N[C@@H](CCN2CC3(CCC3)C2)CC(=O)NC2CCC2)nn1C1CCCC1. The summed E-state index contributed by atoms with van der Waals surface area (Å²) in [5.74, 6) is 1.15. The van der Waals surface area contributed by atoms with Crippen LogP contribution < -0.4 is 20.1 Å². The molecule has 2 heterocycles. The fourth-order valence-corrected chi connectivity index (χ4v) is 7.16. The monoisotopic (exact) mass is 563 g/mol. The van der Waals surface area contributed by atoms with Crippen LogP contribution in [0.2, 0.25) is 0 Å². The van der Waals surface area contributed by atoms with Gasteiger partial charge in [0.25, 0.3) is 5.91 Å². The first-order chi connectivity index (χ1) is 20.0. The first-order valence-electron chi connectivity index (χ1n) is 15.6. The van der Waals surface area contributed by atoms with E-state index in [1.54, 1.807) is 14.2 Å². The van der Waals surface area contributed by atoms with E-state index in [1.807, 2.05) is 28.9 Å². The van der Waals surface area contributed by atoms with Crippen LogP contribution in [0.5, 0.6) is 11.5 Å². The summed E-state index contributed by atoms with van der Waals surface area (Å²) in [6, 6.07) is 7.82. The van der Waals surface area contributed by atoms with Gasteiger partial charge < -0.3 is 25.0 Å².